The van der Waals surface area contributed by atoms with E-state index in [2.05, 4.69) is 21.7 Å². The SMILES string of the molecule is Cc1ccc(S(=O)(=O)Nc2nc3ccccc3nc2N2CC[NH+](C)CC2)cc1. The molecule has 8 heteroatoms. The standard InChI is InChI=1S/C20H23N5O2S/c1-15-7-9-16(10-8-15)28(26,27)23-19-20(25-13-11-24(2)12-14-25)22-18-6-4-3-5-17(18)21-19/h3-10H,11-14H2,1-2H3,(H,21,23)/p+1. The summed E-state index contributed by atoms with van der Waals surface area (Å²) in [6, 6.07) is 14.3. The van der Waals surface area contributed by atoms with Gasteiger partial charge in [0.25, 0.3) is 10.0 Å². The molecule has 1 fully saturated rings. The molecule has 3 aromatic rings. The number of sulfonamides is 1. The van der Waals surface area contributed by atoms with Crippen molar-refractivity contribution in [3.63, 3.8) is 0 Å². The predicted molar refractivity (Wildman–Crippen MR) is 110 cm³/mol. The number of aryl methyl sites for hydroxylation is 1. The van der Waals surface area contributed by atoms with Crippen molar-refractivity contribution in [2.45, 2.75) is 11.8 Å². The number of anilines is 2. The number of para-hydroxylation sites is 2. The Morgan fingerprint density at radius 1 is 0.964 bits per heavy atom. The van der Waals surface area contributed by atoms with Crippen molar-refractivity contribution < 1.29 is 13.3 Å². The third-order valence-corrected chi connectivity index (χ3v) is 6.39. The summed E-state index contributed by atoms with van der Waals surface area (Å²) in [6.45, 7) is 5.47. The lowest BCUT2D eigenvalue weighted by molar-refractivity contribution is -0.880. The number of aromatic nitrogens is 2. The summed E-state index contributed by atoms with van der Waals surface area (Å²) in [7, 11) is -1.60. The van der Waals surface area contributed by atoms with Gasteiger partial charge in [0, 0.05) is 0 Å². The molecule has 0 aliphatic carbocycles. The monoisotopic (exact) mass is 398 g/mol. The summed E-state index contributed by atoms with van der Waals surface area (Å²) in [5, 5.41) is 0. The average molecular weight is 399 g/mol. The van der Waals surface area contributed by atoms with E-state index in [9.17, 15) is 8.42 Å². The number of piperazine rings is 1. The Balaban J connectivity index is 1.76. The molecule has 2 N–H and O–H groups in total. The first-order valence-corrected chi connectivity index (χ1v) is 10.8. The summed E-state index contributed by atoms with van der Waals surface area (Å²) in [4.78, 5) is 13.1. The lowest BCUT2D eigenvalue weighted by atomic mass is 10.2. The molecule has 1 aromatic heterocycles. The second-order valence-corrected chi connectivity index (χ2v) is 8.93. The first-order valence-electron chi connectivity index (χ1n) is 9.35. The maximum atomic E-state index is 12.9. The van der Waals surface area contributed by atoms with Crippen molar-refractivity contribution in [2.24, 2.45) is 0 Å². The first-order chi connectivity index (χ1) is 13.4. The van der Waals surface area contributed by atoms with E-state index in [1.807, 2.05) is 31.2 Å². The minimum atomic E-state index is -3.76. The molecular formula is C20H24N5O2S+. The van der Waals surface area contributed by atoms with Gasteiger partial charge < -0.3 is 9.80 Å². The highest BCUT2D eigenvalue weighted by atomic mass is 32.2. The van der Waals surface area contributed by atoms with Crippen LogP contribution in [0.15, 0.2) is 53.4 Å². The minimum absolute atomic E-state index is 0.210. The van der Waals surface area contributed by atoms with Crippen molar-refractivity contribution >= 4 is 32.7 Å². The highest BCUT2D eigenvalue weighted by Gasteiger charge is 2.25. The van der Waals surface area contributed by atoms with Crippen molar-refractivity contribution in [1.29, 1.82) is 0 Å². The Morgan fingerprint density at radius 3 is 2.21 bits per heavy atom. The van der Waals surface area contributed by atoms with E-state index in [0.29, 0.717) is 11.3 Å². The molecule has 0 spiro atoms. The van der Waals surface area contributed by atoms with Crippen molar-refractivity contribution in [3.8, 4) is 0 Å². The number of benzene rings is 2. The Hall–Kier alpha value is -2.71. The minimum Gasteiger partial charge on any atom is -0.342 e. The second-order valence-electron chi connectivity index (χ2n) is 7.25. The number of quaternary nitrogens is 1. The number of likely N-dealkylation sites (N-methyl/N-ethyl adjacent to an activating group) is 1. The van der Waals surface area contributed by atoms with Crippen molar-refractivity contribution in [3.05, 3.63) is 54.1 Å². The maximum absolute atomic E-state index is 12.9. The smallest absolute Gasteiger partial charge is 0.263 e. The fourth-order valence-corrected chi connectivity index (χ4v) is 4.29. The van der Waals surface area contributed by atoms with E-state index in [-0.39, 0.29) is 10.7 Å². The van der Waals surface area contributed by atoms with E-state index < -0.39 is 10.0 Å². The van der Waals surface area contributed by atoms with Gasteiger partial charge in [-0.05, 0) is 31.2 Å². The van der Waals surface area contributed by atoms with Crippen LogP contribution in [0.2, 0.25) is 0 Å². The maximum Gasteiger partial charge on any atom is 0.263 e. The quantitative estimate of drug-likeness (QED) is 0.687. The van der Waals surface area contributed by atoms with Crippen LogP contribution in [0.3, 0.4) is 0 Å². The van der Waals surface area contributed by atoms with Gasteiger partial charge in [0.15, 0.2) is 11.6 Å². The zero-order valence-electron chi connectivity index (χ0n) is 16.0. The average Bonchev–Trinajstić information content (AvgIpc) is 2.68. The van der Waals surface area contributed by atoms with E-state index >= 15 is 0 Å². The summed E-state index contributed by atoms with van der Waals surface area (Å²) < 4.78 is 28.5. The fraction of sp³-hybridized carbons (Fsp3) is 0.300. The Labute approximate surface area is 165 Å². The van der Waals surface area contributed by atoms with Crippen molar-refractivity contribution in [2.75, 3.05) is 42.8 Å². The van der Waals surface area contributed by atoms with Gasteiger partial charge in [0.05, 0.1) is 49.2 Å². The van der Waals surface area contributed by atoms with Crippen LogP contribution in [-0.4, -0.2) is 51.6 Å². The van der Waals surface area contributed by atoms with Crippen LogP contribution in [0.25, 0.3) is 11.0 Å². The van der Waals surface area contributed by atoms with Crippen LogP contribution < -0.4 is 14.5 Å². The zero-order chi connectivity index (χ0) is 19.7. The normalized spacial score (nSPS) is 15.7. The van der Waals surface area contributed by atoms with Gasteiger partial charge in [-0.1, -0.05) is 29.8 Å². The lowest BCUT2D eigenvalue weighted by Gasteiger charge is -2.31. The summed E-state index contributed by atoms with van der Waals surface area (Å²) in [5.74, 6) is 0.862. The molecule has 7 nitrogen and oxygen atoms in total. The van der Waals surface area contributed by atoms with Crippen LogP contribution in [0, 0.1) is 6.92 Å². The number of hydrogen-bond donors (Lipinski definition) is 2. The van der Waals surface area contributed by atoms with E-state index in [4.69, 9.17) is 4.98 Å². The molecule has 0 atom stereocenters. The fourth-order valence-electron chi connectivity index (χ4n) is 3.28. The topological polar surface area (TPSA) is 79.6 Å². The van der Waals surface area contributed by atoms with Gasteiger partial charge in [-0.2, -0.15) is 0 Å². The number of nitrogens with one attached hydrogen (secondary N) is 2. The van der Waals surface area contributed by atoms with Crippen LogP contribution >= 0.6 is 0 Å². The van der Waals surface area contributed by atoms with E-state index in [1.165, 1.54) is 4.90 Å². The third-order valence-electron chi connectivity index (χ3n) is 5.03. The molecule has 146 valence electrons. The molecule has 0 radical (unpaired) electrons. The molecule has 2 aromatic carbocycles. The van der Waals surface area contributed by atoms with E-state index in [1.54, 1.807) is 24.3 Å². The Morgan fingerprint density at radius 2 is 1.57 bits per heavy atom. The molecule has 28 heavy (non-hydrogen) atoms. The van der Waals surface area contributed by atoms with Gasteiger partial charge >= 0.3 is 0 Å². The van der Waals surface area contributed by atoms with Crippen molar-refractivity contribution in [1.82, 2.24) is 9.97 Å². The highest BCUT2D eigenvalue weighted by Crippen LogP contribution is 2.27. The van der Waals surface area contributed by atoms with Gasteiger partial charge in [0.1, 0.15) is 0 Å². The van der Waals surface area contributed by atoms with Gasteiger partial charge in [-0.25, -0.2) is 18.4 Å². The van der Waals surface area contributed by atoms with Gasteiger partial charge in [-0.15, -0.1) is 0 Å². The number of hydrogen-bond acceptors (Lipinski definition) is 5. The van der Waals surface area contributed by atoms with Crippen LogP contribution in [0.5, 0.6) is 0 Å². The largest absolute Gasteiger partial charge is 0.342 e. The second kappa shape index (κ2) is 7.37. The first kappa shape index (κ1) is 18.6. The summed E-state index contributed by atoms with van der Waals surface area (Å²) in [6.07, 6.45) is 0. The summed E-state index contributed by atoms with van der Waals surface area (Å²) in [5.41, 5.74) is 2.42. The van der Waals surface area contributed by atoms with Gasteiger partial charge in [-0.3, -0.25) is 4.72 Å². The van der Waals surface area contributed by atoms with Crippen LogP contribution in [0.4, 0.5) is 11.6 Å². The number of rotatable bonds is 4. The molecule has 0 amide bonds. The molecule has 1 saturated heterocycles. The molecule has 0 saturated carbocycles. The van der Waals surface area contributed by atoms with E-state index in [0.717, 1.165) is 37.3 Å². The van der Waals surface area contributed by atoms with Crippen LogP contribution in [0.1, 0.15) is 5.56 Å². The predicted octanol–water partition coefficient (Wildman–Crippen LogP) is 1.07. The highest BCUT2D eigenvalue weighted by molar-refractivity contribution is 7.92. The van der Waals surface area contributed by atoms with Gasteiger partial charge in [0.2, 0.25) is 0 Å². The molecule has 1 aliphatic rings. The Bertz CT molecular complexity index is 1090. The zero-order valence-corrected chi connectivity index (χ0v) is 16.8. The Kier molecular flexibility index (Phi) is 4.91. The lowest BCUT2D eigenvalue weighted by Crippen LogP contribution is -3.12. The van der Waals surface area contributed by atoms with Crippen LogP contribution in [-0.2, 0) is 10.0 Å². The molecule has 2 heterocycles. The molecule has 0 unspecified atom stereocenters. The molecule has 1 aliphatic heterocycles. The molecule has 4 rings (SSSR count). The molecular weight excluding hydrogens is 374 g/mol. The number of fused-ring (bicyclic) bond motifs is 1. The summed E-state index contributed by atoms with van der Waals surface area (Å²) >= 11 is 0. The number of nitrogens with zero attached hydrogens (tertiary/aromatic N) is 3. The third kappa shape index (κ3) is 3.79. The molecule has 0 bridgehead atoms.